The second-order valence-electron chi connectivity index (χ2n) is 10.0. The van der Waals surface area contributed by atoms with Crippen LogP contribution in [0.3, 0.4) is 0 Å². The van der Waals surface area contributed by atoms with Crippen LogP contribution in [0.1, 0.15) is 30.0 Å². The van der Waals surface area contributed by atoms with Crippen molar-refractivity contribution in [3.05, 3.63) is 89.7 Å². The van der Waals surface area contributed by atoms with Crippen molar-refractivity contribution in [1.29, 1.82) is 0 Å². The Labute approximate surface area is 256 Å². The summed E-state index contributed by atoms with van der Waals surface area (Å²) >= 11 is 1.25. The summed E-state index contributed by atoms with van der Waals surface area (Å²) in [6, 6.07) is 18.3. The molecule has 1 aromatic heterocycles. The highest BCUT2D eigenvalue weighted by molar-refractivity contribution is 8.15. The van der Waals surface area contributed by atoms with E-state index in [1.807, 2.05) is 49.4 Å². The summed E-state index contributed by atoms with van der Waals surface area (Å²) in [5.74, 6) is 0.220. The summed E-state index contributed by atoms with van der Waals surface area (Å²) in [5, 5.41) is 7.61. The van der Waals surface area contributed by atoms with Gasteiger partial charge in [0.25, 0.3) is 0 Å². The second-order valence-corrected chi connectivity index (χ2v) is 11.0. The van der Waals surface area contributed by atoms with Crippen molar-refractivity contribution < 1.29 is 27.5 Å². The molecular weight excluding hydrogens is 593 g/mol. The number of nitrogens with one attached hydrogen (secondary N) is 1. The van der Waals surface area contributed by atoms with Crippen LogP contribution >= 0.6 is 11.8 Å². The van der Waals surface area contributed by atoms with Crippen LogP contribution in [0.5, 0.6) is 5.75 Å². The minimum absolute atomic E-state index is 0.107. The fraction of sp³-hybridized carbons (Fsp3) is 0.258. The van der Waals surface area contributed by atoms with E-state index in [9.17, 15) is 22.8 Å². The van der Waals surface area contributed by atoms with Crippen molar-refractivity contribution in [3.63, 3.8) is 0 Å². The van der Waals surface area contributed by atoms with E-state index < -0.39 is 12.4 Å². The van der Waals surface area contributed by atoms with Gasteiger partial charge in [-0.3, -0.25) is 9.69 Å². The number of hydrogen-bond donors (Lipinski definition) is 1. The first-order valence-electron chi connectivity index (χ1n) is 13.9. The van der Waals surface area contributed by atoms with Crippen LogP contribution < -0.4 is 15.0 Å². The molecule has 4 aromatic rings. The van der Waals surface area contributed by atoms with E-state index in [2.05, 4.69) is 32.1 Å². The molecule has 1 aliphatic heterocycles. The van der Waals surface area contributed by atoms with Gasteiger partial charge >= 0.3 is 12.4 Å². The van der Waals surface area contributed by atoms with Crippen LogP contribution in [0, 0.1) is 6.92 Å². The number of carbonyl (C=O) groups is 2. The molecule has 5 rings (SSSR count). The summed E-state index contributed by atoms with van der Waals surface area (Å²) in [7, 11) is 0. The van der Waals surface area contributed by atoms with Crippen LogP contribution in [0.4, 0.5) is 23.7 Å². The van der Waals surface area contributed by atoms with Crippen molar-refractivity contribution in [2.24, 2.45) is 4.99 Å². The quantitative estimate of drug-likeness (QED) is 0.229. The van der Waals surface area contributed by atoms with E-state index in [4.69, 9.17) is 0 Å². The zero-order valence-electron chi connectivity index (χ0n) is 24.0. The number of thioether (sulfide) groups is 1. The number of alkyl halides is 3. The third kappa shape index (κ3) is 7.64. The normalized spacial score (nSPS) is 14.3. The number of amidine groups is 1. The lowest BCUT2D eigenvalue weighted by molar-refractivity contribution is -0.274. The smallest absolute Gasteiger partial charge is 0.406 e. The molecule has 0 unspecified atom stereocenters. The van der Waals surface area contributed by atoms with Crippen molar-refractivity contribution in [2.45, 2.75) is 39.5 Å². The lowest BCUT2D eigenvalue weighted by Crippen LogP contribution is -2.32. The van der Waals surface area contributed by atoms with E-state index >= 15 is 0 Å². The molecule has 0 spiro atoms. The number of urea groups is 1. The number of carbonyl (C=O) groups excluding carboxylic acids is 2. The van der Waals surface area contributed by atoms with Crippen LogP contribution in [0.2, 0.25) is 0 Å². The Morgan fingerprint density at radius 1 is 1.09 bits per heavy atom. The van der Waals surface area contributed by atoms with Gasteiger partial charge in [-0.25, -0.2) is 14.5 Å². The van der Waals surface area contributed by atoms with Crippen LogP contribution in [-0.2, 0) is 17.6 Å². The number of aliphatic imine (C=N–C) groups is 1. The van der Waals surface area contributed by atoms with Crippen molar-refractivity contribution in [3.8, 4) is 22.8 Å². The van der Waals surface area contributed by atoms with Crippen LogP contribution in [0.25, 0.3) is 17.1 Å². The van der Waals surface area contributed by atoms with Gasteiger partial charge in [0.05, 0.1) is 17.1 Å². The molecule has 13 heteroatoms. The van der Waals surface area contributed by atoms with Crippen molar-refractivity contribution in [2.75, 3.05) is 17.2 Å². The SMILES string of the molecule is CCCc1ccc(C)cc1N1C(=O)CS/C1=N\C(=O)NCCc1cccc(-c2ncn(-c3ccc(OC(F)(F)F)cc3)n2)c1. The Morgan fingerprint density at radius 2 is 1.89 bits per heavy atom. The molecular formula is C31H29F3N6O3S. The average Bonchev–Trinajstić information content (AvgIpc) is 3.61. The number of amides is 3. The van der Waals surface area contributed by atoms with Gasteiger partial charge in [-0.05, 0) is 72.9 Å². The topological polar surface area (TPSA) is 102 Å². The lowest BCUT2D eigenvalue weighted by atomic mass is 10.0. The highest BCUT2D eigenvalue weighted by atomic mass is 32.2. The van der Waals surface area contributed by atoms with Gasteiger partial charge in [0.1, 0.15) is 12.1 Å². The fourth-order valence-corrected chi connectivity index (χ4v) is 5.53. The van der Waals surface area contributed by atoms with Gasteiger partial charge in [0.15, 0.2) is 11.0 Å². The minimum atomic E-state index is -4.76. The zero-order valence-corrected chi connectivity index (χ0v) is 24.8. The molecule has 0 atom stereocenters. The number of aryl methyl sites for hydroxylation is 2. The van der Waals surface area contributed by atoms with E-state index in [0.29, 0.717) is 29.6 Å². The highest BCUT2D eigenvalue weighted by Gasteiger charge is 2.32. The van der Waals surface area contributed by atoms with Crippen molar-refractivity contribution >= 4 is 34.6 Å². The molecule has 0 radical (unpaired) electrons. The molecule has 228 valence electrons. The first-order chi connectivity index (χ1) is 21.1. The van der Waals surface area contributed by atoms with Crippen molar-refractivity contribution in [1.82, 2.24) is 20.1 Å². The molecule has 1 N–H and O–H groups in total. The minimum Gasteiger partial charge on any atom is -0.406 e. The lowest BCUT2D eigenvalue weighted by Gasteiger charge is -2.20. The largest absolute Gasteiger partial charge is 0.573 e. The number of anilines is 1. The summed E-state index contributed by atoms with van der Waals surface area (Å²) in [5.41, 5.74) is 5.01. The van der Waals surface area contributed by atoms with Gasteiger partial charge in [-0.15, -0.1) is 18.3 Å². The first-order valence-corrected chi connectivity index (χ1v) is 14.9. The van der Waals surface area contributed by atoms with Gasteiger partial charge < -0.3 is 10.1 Å². The number of rotatable bonds is 9. The van der Waals surface area contributed by atoms with Crippen LogP contribution in [0.15, 0.2) is 78.0 Å². The molecule has 2 heterocycles. The van der Waals surface area contributed by atoms with Gasteiger partial charge in [-0.2, -0.15) is 4.99 Å². The molecule has 9 nitrogen and oxygen atoms in total. The summed E-state index contributed by atoms with van der Waals surface area (Å²) in [4.78, 5) is 35.6. The first kappa shape index (κ1) is 30.8. The van der Waals surface area contributed by atoms with E-state index in [1.54, 1.807) is 4.90 Å². The standard InChI is InChI=1S/C31H29F3N6O3S/c1-3-5-22-9-8-20(2)16-26(22)40-27(41)18-44-30(40)37-29(42)35-15-14-21-6-4-7-23(17-21)28-36-19-39(38-28)24-10-12-25(13-11-24)43-31(32,33)34/h4,6-13,16-17,19H,3,5,14-15,18H2,1-2H3,(H,35,42)/b37-30-. The summed E-state index contributed by atoms with van der Waals surface area (Å²) in [6.45, 7) is 4.36. The maximum absolute atomic E-state index is 12.8. The van der Waals surface area contributed by atoms with E-state index in [0.717, 1.165) is 40.8 Å². The van der Waals surface area contributed by atoms with E-state index in [-0.39, 0.29) is 17.4 Å². The monoisotopic (exact) mass is 622 g/mol. The zero-order chi connectivity index (χ0) is 31.3. The van der Waals surface area contributed by atoms with E-state index in [1.165, 1.54) is 47.0 Å². The number of nitrogens with zero attached hydrogens (tertiary/aromatic N) is 5. The Morgan fingerprint density at radius 3 is 2.64 bits per heavy atom. The fourth-order valence-electron chi connectivity index (χ4n) is 4.67. The number of aromatic nitrogens is 3. The summed E-state index contributed by atoms with van der Waals surface area (Å²) in [6.07, 6.45) is -1.04. The Bertz CT molecular complexity index is 1690. The van der Waals surface area contributed by atoms with Gasteiger partial charge in [0.2, 0.25) is 5.91 Å². The second kappa shape index (κ2) is 13.3. The summed E-state index contributed by atoms with van der Waals surface area (Å²) < 4.78 is 42.6. The molecule has 3 aromatic carbocycles. The number of benzene rings is 3. The third-order valence-electron chi connectivity index (χ3n) is 6.67. The predicted molar refractivity (Wildman–Crippen MR) is 163 cm³/mol. The third-order valence-corrected chi connectivity index (χ3v) is 7.59. The van der Waals surface area contributed by atoms with Gasteiger partial charge in [-0.1, -0.05) is 55.4 Å². The number of ether oxygens (including phenoxy) is 1. The molecule has 1 aliphatic rings. The van der Waals surface area contributed by atoms with Gasteiger partial charge in [0, 0.05) is 12.1 Å². The highest BCUT2D eigenvalue weighted by Crippen LogP contribution is 2.31. The molecule has 0 saturated carbocycles. The number of halogens is 3. The predicted octanol–water partition coefficient (Wildman–Crippen LogP) is 6.48. The molecule has 1 fully saturated rings. The number of hydrogen-bond acceptors (Lipinski definition) is 6. The maximum Gasteiger partial charge on any atom is 0.573 e. The molecule has 0 bridgehead atoms. The average molecular weight is 623 g/mol. The molecule has 0 aliphatic carbocycles. The Balaban J connectivity index is 1.21. The maximum atomic E-state index is 12.8. The Kier molecular flexibility index (Phi) is 9.33. The van der Waals surface area contributed by atoms with Crippen LogP contribution in [-0.4, -0.2) is 50.5 Å². The molecule has 44 heavy (non-hydrogen) atoms. The molecule has 3 amide bonds. The molecule has 1 saturated heterocycles. The Hall–Kier alpha value is -4.65.